The lowest BCUT2D eigenvalue weighted by Gasteiger charge is -2.04. The van der Waals surface area contributed by atoms with Crippen molar-refractivity contribution in [2.45, 2.75) is 13.3 Å². The van der Waals surface area contributed by atoms with Gasteiger partial charge in [-0.25, -0.2) is 0 Å². The van der Waals surface area contributed by atoms with Crippen LogP contribution in [-0.4, -0.2) is 5.91 Å². The molecule has 0 fully saturated rings. The highest BCUT2D eigenvalue weighted by Gasteiger charge is 2.02. The van der Waals surface area contributed by atoms with Gasteiger partial charge in [-0.05, 0) is 24.6 Å². The molecule has 0 atom stereocenters. The van der Waals surface area contributed by atoms with Crippen LogP contribution in [0.25, 0.3) is 0 Å². The van der Waals surface area contributed by atoms with Crippen molar-refractivity contribution in [2.24, 2.45) is 0 Å². The monoisotopic (exact) mass is 252 g/mol. The Balaban J connectivity index is 2.74. The SMILES string of the molecule is Cc1ccc(NC(=O)CC#N)cc1Br. The van der Waals surface area contributed by atoms with Crippen molar-refractivity contribution >= 4 is 27.5 Å². The van der Waals surface area contributed by atoms with Crippen molar-refractivity contribution in [1.29, 1.82) is 5.26 Å². The van der Waals surface area contributed by atoms with Crippen LogP contribution in [0.4, 0.5) is 5.69 Å². The average molecular weight is 253 g/mol. The summed E-state index contributed by atoms with van der Waals surface area (Å²) in [5.74, 6) is -0.289. The number of halogens is 1. The summed E-state index contributed by atoms with van der Waals surface area (Å²) >= 11 is 3.36. The van der Waals surface area contributed by atoms with E-state index in [1.54, 1.807) is 12.1 Å². The second-order valence-corrected chi connectivity index (χ2v) is 3.70. The maximum atomic E-state index is 11.1. The maximum absolute atomic E-state index is 11.1. The number of carbonyl (C=O) groups is 1. The molecule has 1 aromatic carbocycles. The summed E-state index contributed by atoms with van der Waals surface area (Å²) in [6, 6.07) is 7.30. The van der Waals surface area contributed by atoms with Crippen LogP contribution < -0.4 is 5.32 Å². The fraction of sp³-hybridized carbons (Fsp3) is 0.200. The lowest BCUT2D eigenvalue weighted by atomic mass is 10.2. The van der Waals surface area contributed by atoms with E-state index in [-0.39, 0.29) is 12.3 Å². The van der Waals surface area contributed by atoms with E-state index >= 15 is 0 Å². The van der Waals surface area contributed by atoms with Gasteiger partial charge in [-0.2, -0.15) is 5.26 Å². The van der Waals surface area contributed by atoms with Gasteiger partial charge in [0.25, 0.3) is 0 Å². The quantitative estimate of drug-likeness (QED) is 0.880. The van der Waals surface area contributed by atoms with Crippen molar-refractivity contribution in [2.75, 3.05) is 5.32 Å². The largest absolute Gasteiger partial charge is 0.325 e. The van der Waals surface area contributed by atoms with Gasteiger partial charge in [0.1, 0.15) is 6.42 Å². The van der Waals surface area contributed by atoms with Crippen molar-refractivity contribution in [3.05, 3.63) is 28.2 Å². The zero-order valence-corrected chi connectivity index (χ0v) is 9.26. The van der Waals surface area contributed by atoms with E-state index < -0.39 is 0 Å². The van der Waals surface area contributed by atoms with Crippen LogP contribution in [0.2, 0.25) is 0 Å². The highest BCUT2D eigenvalue weighted by Crippen LogP contribution is 2.20. The van der Waals surface area contributed by atoms with Crippen LogP contribution in [0.1, 0.15) is 12.0 Å². The first-order valence-corrected chi connectivity index (χ1v) is 4.85. The molecule has 0 aliphatic carbocycles. The number of hydrogen-bond donors (Lipinski definition) is 1. The first-order chi connectivity index (χ1) is 6.63. The lowest BCUT2D eigenvalue weighted by molar-refractivity contribution is -0.115. The Bertz CT molecular complexity index is 396. The highest BCUT2D eigenvalue weighted by atomic mass is 79.9. The zero-order valence-electron chi connectivity index (χ0n) is 7.67. The van der Waals surface area contributed by atoms with Crippen molar-refractivity contribution in [1.82, 2.24) is 0 Å². The molecule has 0 bridgehead atoms. The molecule has 1 aromatic rings. The number of benzene rings is 1. The van der Waals surface area contributed by atoms with Gasteiger partial charge in [0.15, 0.2) is 0 Å². The Morgan fingerprint density at radius 1 is 1.64 bits per heavy atom. The van der Waals surface area contributed by atoms with Crippen molar-refractivity contribution in [3.63, 3.8) is 0 Å². The number of anilines is 1. The Morgan fingerprint density at radius 3 is 2.93 bits per heavy atom. The Morgan fingerprint density at radius 2 is 2.36 bits per heavy atom. The van der Waals surface area contributed by atoms with Crippen LogP contribution in [0, 0.1) is 18.3 Å². The first-order valence-electron chi connectivity index (χ1n) is 4.06. The number of nitrogens with zero attached hydrogens (tertiary/aromatic N) is 1. The molecular weight excluding hydrogens is 244 g/mol. The molecule has 0 aliphatic rings. The first kappa shape index (κ1) is 10.7. The molecule has 0 saturated carbocycles. The molecule has 0 heterocycles. The Labute approximate surface area is 90.9 Å². The summed E-state index contributed by atoms with van der Waals surface area (Å²) in [5, 5.41) is 10.9. The van der Waals surface area contributed by atoms with Crippen molar-refractivity contribution < 1.29 is 4.79 Å². The van der Waals surface area contributed by atoms with E-state index in [1.807, 2.05) is 19.1 Å². The number of nitrogens with one attached hydrogen (secondary N) is 1. The molecule has 1 N–H and O–H groups in total. The van der Waals surface area contributed by atoms with E-state index in [4.69, 9.17) is 5.26 Å². The number of nitriles is 1. The van der Waals surface area contributed by atoms with E-state index in [1.165, 1.54) is 0 Å². The van der Waals surface area contributed by atoms with Gasteiger partial charge < -0.3 is 5.32 Å². The normalized spacial score (nSPS) is 9.21. The van der Waals surface area contributed by atoms with Gasteiger partial charge in [0.05, 0.1) is 6.07 Å². The van der Waals surface area contributed by atoms with Gasteiger partial charge in [0.2, 0.25) is 5.91 Å². The Kier molecular flexibility index (Phi) is 3.66. The molecular formula is C10H9BrN2O. The fourth-order valence-corrected chi connectivity index (χ4v) is 1.33. The number of rotatable bonds is 2. The van der Waals surface area contributed by atoms with Gasteiger partial charge in [-0.15, -0.1) is 0 Å². The molecule has 1 rings (SSSR count). The van der Waals surface area contributed by atoms with Crippen LogP contribution >= 0.6 is 15.9 Å². The summed E-state index contributed by atoms with van der Waals surface area (Å²) in [6.07, 6.45) is -0.120. The number of amides is 1. The van der Waals surface area contributed by atoms with Crippen LogP contribution in [0.5, 0.6) is 0 Å². The molecule has 0 radical (unpaired) electrons. The highest BCUT2D eigenvalue weighted by molar-refractivity contribution is 9.10. The summed E-state index contributed by atoms with van der Waals surface area (Å²) in [7, 11) is 0. The third-order valence-corrected chi connectivity index (χ3v) is 2.55. The summed E-state index contributed by atoms with van der Waals surface area (Å²) < 4.78 is 0.937. The summed E-state index contributed by atoms with van der Waals surface area (Å²) in [5.41, 5.74) is 1.80. The smallest absolute Gasteiger partial charge is 0.238 e. The second kappa shape index (κ2) is 4.77. The second-order valence-electron chi connectivity index (χ2n) is 2.85. The lowest BCUT2D eigenvalue weighted by Crippen LogP contribution is -2.09. The molecule has 0 unspecified atom stereocenters. The van der Waals surface area contributed by atoms with E-state index in [0.29, 0.717) is 5.69 Å². The standard InChI is InChI=1S/C10H9BrN2O/c1-7-2-3-8(6-9(7)11)13-10(14)4-5-12/h2-3,6H,4H2,1H3,(H,13,14). The third kappa shape index (κ3) is 2.86. The minimum Gasteiger partial charge on any atom is -0.325 e. The van der Waals surface area contributed by atoms with Crippen LogP contribution in [0.3, 0.4) is 0 Å². The number of carbonyl (C=O) groups excluding carboxylic acids is 1. The van der Waals surface area contributed by atoms with E-state index in [9.17, 15) is 4.79 Å². The molecule has 0 saturated heterocycles. The average Bonchev–Trinajstić information content (AvgIpc) is 2.12. The van der Waals surface area contributed by atoms with Crippen LogP contribution in [-0.2, 0) is 4.79 Å². The molecule has 0 spiro atoms. The third-order valence-electron chi connectivity index (χ3n) is 1.70. The zero-order chi connectivity index (χ0) is 10.6. The topological polar surface area (TPSA) is 52.9 Å². The predicted molar refractivity (Wildman–Crippen MR) is 57.7 cm³/mol. The maximum Gasteiger partial charge on any atom is 0.238 e. The summed E-state index contributed by atoms with van der Waals surface area (Å²) in [6.45, 7) is 1.96. The number of aryl methyl sites for hydroxylation is 1. The van der Waals surface area contributed by atoms with Gasteiger partial charge in [-0.3, -0.25) is 4.79 Å². The molecule has 14 heavy (non-hydrogen) atoms. The van der Waals surface area contributed by atoms with Gasteiger partial charge in [0, 0.05) is 10.2 Å². The molecule has 3 nitrogen and oxygen atoms in total. The Hall–Kier alpha value is -1.34. The molecule has 72 valence electrons. The minimum absolute atomic E-state index is 0.120. The van der Waals surface area contributed by atoms with Gasteiger partial charge in [-0.1, -0.05) is 22.0 Å². The van der Waals surface area contributed by atoms with E-state index in [2.05, 4.69) is 21.2 Å². The molecule has 1 amide bonds. The summed E-state index contributed by atoms with van der Waals surface area (Å²) in [4.78, 5) is 11.1. The van der Waals surface area contributed by atoms with Gasteiger partial charge >= 0.3 is 0 Å². The molecule has 4 heteroatoms. The number of hydrogen-bond acceptors (Lipinski definition) is 2. The molecule has 0 aliphatic heterocycles. The fourth-order valence-electron chi connectivity index (χ4n) is 0.948. The minimum atomic E-state index is -0.289. The molecule has 0 aromatic heterocycles. The van der Waals surface area contributed by atoms with E-state index in [0.717, 1.165) is 10.0 Å². The van der Waals surface area contributed by atoms with Crippen LogP contribution in [0.15, 0.2) is 22.7 Å². The predicted octanol–water partition coefficient (Wildman–Crippen LogP) is 2.61. The van der Waals surface area contributed by atoms with Crippen molar-refractivity contribution in [3.8, 4) is 6.07 Å².